The van der Waals surface area contributed by atoms with Gasteiger partial charge in [-0.3, -0.25) is 0 Å². The summed E-state index contributed by atoms with van der Waals surface area (Å²) in [5.41, 5.74) is 1.39. The fourth-order valence-electron chi connectivity index (χ4n) is 5.10. The average Bonchev–Trinajstić information content (AvgIpc) is 3.61. The molecular weight excluding hydrogens is 377 g/mol. The molecule has 0 radical (unpaired) electrons. The molecule has 0 aliphatic heterocycles. The van der Waals surface area contributed by atoms with Crippen LogP contribution in [0.5, 0.6) is 0 Å². The molecule has 2 saturated carbocycles. The first-order valence-corrected chi connectivity index (χ1v) is 9.97. The quantitative estimate of drug-likeness (QED) is 0.649. The smallest absolute Gasteiger partial charge is 0.335 e. The van der Waals surface area contributed by atoms with E-state index in [1.807, 2.05) is 0 Å². The van der Waals surface area contributed by atoms with Crippen LogP contribution in [0.3, 0.4) is 0 Å². The zero-order valence-electron chi connectivity index (χ0n) is 15.9. The van der Waals surface area contributed by atoms with Crippen molar-refractivity contribution in [2.24, 2.45) is 0 Å². The summed E-state index contributed by atoms with van der Waals surface area (Å²) in [6.07, 6.45) is 2.75. The van der Waals surface area contributed by atoms with Crippen molar-refractivity contribution >= 4 is 11.5 Å². The molecule has 3 aliphatic rings. The van der Waals surface area contributed by atoms with E-state index in [4.69, 9.17) is 5.11 Å². The van der Waals surface area contributed by atoms with Gasteiger partial charge in [0.1, 0.15) is 5.82 Å². The molecule has 2 nitrogen and oxygen atoms in total. The summed E-state index contributed by atoms with van der Waals surface area (Å²) in [5.74, 6) is -1.63. The molecule has 0 aromatic heterocycles. The van der Waals surface area contributed by atoms with E-state index < -0.39 is 18.2 Å². The van der Waals surface area contributed by atoms with Crippen LogP contribution in [0.2, 0.25) is 0 Å². The molecule has 0 saturated heterocycles. The summed E-state index contributed by atoms with van der Waals surface area (Å²) >= 11 is 0. The molecule has 0 unspecified atom stereocenters. The number of fused-ring (bicyclic) bond motifs is 3. The Morgan fingerprint density at radius 1 is 0.966 bits per heavy atom. The Kier molecular flexibility index (Phi) is 3.80. The largest absolute Gasteiger partial charge is 0.478 e. The van der Waals surface area contributed by atoms with Crippen molar-refractivity contribution in [2.45, 2.75) is 55.8 Å². The molecule has 2 aromatic rings. The van der Waals surface area contributed by atoms with Gasteiger partial charge in [-0.1, -0.05) is 18.7 Å². The van der Waals surface area contributed by atoms with Gasteiger partial charge in [0.2, 0.25) is 0 Å². The molecule has 3 aliphatic carbocycles. The Labute approximate surface area is 167 Å². The molecule has 29 heavy (non-hydrogen) atoms. The lowest BCUT2D eigenvalue weighted by molar-refractivity contribution is 0.0697. The molecule has 0 atom stereocenters. The van der Waals surface area contributed by atoms with E-state index in [0.717, 1.165) is 44.1 Å². The molecule has 5 heteroatoms. The van der Waals surface area contributed by atoms with Gasteiger partial charge < -0.3 is 5.11 Å². The Balaban J connectivity index is 1.68. The molecule has 0 amide bonds. The molecule has 2 aromatic carbocycles. The third-order valence-corrected chi connectivity index (χ3v) is 7.20. The molecule has 2 spiro atoms. The van der Waals surface area contributed by atoms with Gasteiger partial charge in [0, 0.05) is 11.1 Å². The highest BCUT2D eigenvalue weighted by Gasteiger charge is 2.58. The highest BCUT2D eigenvalue weighted by Crippen LogP contribution is 2.66. The van der Waals surface area contributed by atoms with Crippen LogP contribution in [-0.2, 0) is 10.8 Å². The minimum absolute atomic E-state index is 0.0779. The lowest BCUT2D eigenvalue weighted by Crippen LogP contribution is -2.27. The molecule has 0 bridgehead atoms. The number of hydrogen-bond donors (Lipinski definition) is 1. The summed E-state index contributed by atoms with van der Waals surface area (Å²) in [6.45, 7) is 3.92. The molecule has 150 valence electrons. The van der Waals surface area contributed by atoms with Crippen LogP contribution in [0.25, 0.3) is 5.57 Å². The van der Waals surface area contributed by atoms with Crippen LogP contribution < -0.4 is 0 Å². The maximum atomic E-state index is 15.9. The van der Waals surface area contributed by atoms with E-state index in [0.29, 0.717) is 11.1 Å². The highest BCUT2D eigenvalue weighted by molar-refractivity contribution is 5.89. The molecule has 5 rings (SSSR count). The second kappa shape index (κ2) is 5.97. The van der Waals surface area contributed by atoms with Crippen molar-refractivity contribution in [3.8, 4) is 0 Å². The minimum Gasteiger partial charge on any atom is -0.478 e. The van der Waals surface area contributed by atoms with Gasteiger partial charge in [-0.2, -0.15) is 0 Å². The van der Waals surface area contributed by atoms with E-state index in [-0.39, 0.29) is 33.1 Å². The van der Waals surface area contributed by atoms with Crippen LogP contribution in [0.1, 0.15) is 83.1 Å². The second-order valence-electron chi connectivity index (χ2n) is 8.80. The Bertz CT molecular complexity index is 1040. The first-order valence-electron chi connectivity index (χ1n) is 9.97. The average molecular weight is 398 g/mol. The van der Waals surface area contributed by atoms with Gasteiger partial charge in [0.25, 0.3) is 6.43 Å². The second-order valence-corrected chi connectivity index (χ2v) is 8.80. The van der Waals surface area contributed by atoms with Crippen LogP contribution in [-0.4, -0.2) is 11.1 Å². The van der Waals surface area contributed by atoms with Crippen molar-refractivity contribution in [1.29, 1.82) is 0 Å². The molecule has 2 fully saturated rings. The topological polar surface area (TPSA) is 37.3 Å². The zero-order chi connectivity index (χ0) is 20.6. The lowest BCUT2D eigenvalue weighted by atomic mass is 9.70. The van der Waals surface area contributed by atoms with Gasteiger partial charge in [0.15, 0.2) is 0 Å². The van der Waals surface area contributed by atoms with Crippen LogP contribution in [0.4, 0.5) is 13.2 Å². The van der Waals surface area contributed by atoms with Gasteiger partial charge in [-0.25, -0.2) is 18.0 Å². The number of carboxylic acid groups (broad SMARTS) is 1. The van der Waals surface area contributed by atoms with Crippen molar-refractivity contribution in [3.05, 3.63) is 76.1 Å². The summed E-state index contributed by atoms with van der Waals surface area (Å²) in [7, 11) is 0. The van der Waals surface area contributed by atoms with Crippen molar-refractivity contribution < 1.29 is 23.1 Å². The van der Waals surface area contributed by atoms with Crippen LogP contribution in [0.15, 0.2) is 36.9 Å². The standard InChI is InChI=1S/C24H21F3O2/c1-13(14-2-4-15(5-3-14)22(28)29)18-16(21(26)27)12-17-19(20(18)25)24(10-11-24)9-8-23(17)6-7-23/h2-5,12,21H,1,6-11H2,(H,28,29). The van der Waals surface area contributed by atoms with E-state index in [9.17, 15) is 13.6 Å². The van der Waals surface area contributed by atoms with Crippen LogP contribution in [0, 0.1) is 5.82 Å². The van der Waals surface area contributed by atoms with Crippen molar-refractivity contribution in [2.75, 3.05) is 0 Å². The van der Waals surface area contributed by atoms with E-state index in [1.165, 1.54) is 24.3 Å². The molecule has 0 heterocycles. The molecule has 1 N–H and O–H groups in total. The summed E-state index contributed by atoms with van der Waals surface area (Å²) in [6, 6.07) is 7.29. The number of alkyl halides is 2. The summed E-state index contributed by atoms with van der Waals surface area (Å²) < 4.78 is 44.0. The van der Waals surface area contributed by atoms with Crippen molar-refractivity contribution in [1.82, 2.24) is 0 Å². The number of aromatic carboxylic acids is 1. The number of carbonyl (C=O) groups is 1. The maximum Gasteiger partial charge on any atom is 0.335 e. The Morgan fingerprint density at radius 2 is 1.48 bits per heavy atom. The SMILES string of the molecule is C=C(c1ccc(C(=O)O)cc1)c1c(C(F)F)cc2c(c1F)C1(CCC23CC3)CC1. The number of carboxylic acids is 1. The number of hydrogen-bond acceptors (Lipinski definition) is 1. The van der Waals surface area contributed by atoms with Gasteiger partial charge >= 0.3 is 5.97 Å². The van der Waals surface area contributed by atoms with Crippen LogP contribution >= 0.6 is 0 Å². The number of halogens is 3. The lowest BCUT2D eigenvalue weighted by Gasteiger charge is -2.34. The normalized spacial score (nSPS) is 20.0. The van der Waals surface area contributed by atoms with E-state index in [1.54, 1.807) is 6.07 Å². The molecular formula is C24H21F3O2. The predicted octanol–water partition coefficient (Wildman–Crippen LogP) is 6.38. The predicted molar refractivity (Wildman–Crippen MR) is 104 cm³/mol. The fraction of sp³-hybridized carbons (Fsp3) is 0.375. The third-order valence-electron chi connectivity index (χ3n) is 7.20. The Hall–Kier alpha value is -2.56. The maximum absolute atomic E-state index is 15.9. The monoisotopic (exact) mass is 398 g/mol. The summed E-state index contributed by atoms with van der Waals surface area (Å²) in [4.78, 5) is 11.1. The van der Waals surface area contributed by atoms with E-state index in [2.05, 4.69) is 6.58 Å². The minimum atomic E-state index is -2.81. The van der Waals surface area contributed by atoms with E-state index >= 15 is 4.39 Å². The first-order chi connectivity index (χ1) is 13.8. The van der Waals surface area contributed by atoms with Gasteiger partial charge in [-0.05, 0) is 89.8 Å². The first kappa shape index (κ1) is 18.5. The van der Waals surface area contributed by atoms with Crippen molar-refractivity contribution in [3.63, 3.8) is 0 Å². The van der Waals surface area contributed by atoms with Gasteiger partial charge in [0.05, 0.1) is 5.56 Å². The number of rotatable bonds is 4. The zero-order valence-corrected chi connectivity index (χ0v) is 15.9. The fourth-order valence-corrected chi connectivity index (χ4v) is 5.10. The Morgan fingerprint density at radius 3 is 2.00 bits per heavy atom. The highest BCUT2D eigenvalue weighted by atomic mass is 19.3. The summed E-state index contributed by atoms with van der Waals surface area (Å²) in [5, 5.41) is 9.06. The number of benzene rings is 2. The van der Waals surface area contributed by atoms with Gasteiger partial charge in [-0.15, -0.1) is 0 Å². The third kappa shape index (κ3) is 2.66.